The minimum Gasteiger partial charge on any atom is -0.397 e. The highest BCUT2D eigenvalue weighted by Crippen LogP contribution is 2.14. The lowest BCUT2D eigenvalue weighted by Crippen LogP contribution is -2.23. The number of aryl methyl sites for hydroxylation is 1. The normalized spacial score (nSPS) is 11.7. The van der Waals surface area contributed by atoms with Gasteiger partial charge in [0, 0.05) is 19.2 Å². The number of nitrogens with zero attached hydrogens (tertiary/aromatic N) is 2. The quantitative estimate of drug-likeness (QED) is 0.785. The first-order valence-electron chi connectivity index (χ1n) is 4.85. The van der Waals surface area contributed by atoms with Crippen molar-refractivity contribution < 1.29 is 17.9 Å². The summed E-state index contributed by atoms with van der Waals surface area (Å²) in [7, 11) is 0. The molecule has 0 spiro atoms. The maximum Gasteiger partial charge on any atom is 0.411 e. The van der Waals surface area contributed by atoms with E-state index < -0.39 is 12.8 Å². The van der Waals surface area contributed by atoms with Crippen molar-refractivity contribution >= 4 is 5.69 Å². The molecular formula is C9H12F3N3O2. The minimum atomic E-state index is -4.32. The van der Waals surface area contributed by atoms with Crippen LogP contribution in [0.3, 0.4) is 0 Å². The van der Waals surface area contributed by atoms with Gasteiger partial charge in [-0.3, -0.25) is 4.79 Å². The van der Waals surface area contributed by atoms with Crippen molar-refractivity contribution in [2.45, 2.75) is 19.1 Å². The highest BCUT2D eigenvalue weighted by molar-refractivity contribution is 5.31. The van der Waals surface area contributed by atoms with Gasteiger partial charge in [-0.25, -0.2) is 4.68 Å². The van der Waals surface area contributed by atoms with Crippen LogP contribution in [0.4, 0.5) is 18.9 Å². The van der Waals surface area contributed by atoms with E-state index in [4.69, 9.17) is 5.73 Å². The van der Waals surface area contributed by atoms with E-state index in [0.717, 1.165) is 4.68 Å². The number of aromatic nitrogens is 2. The molecular weight excluding hydrogens is 239 g/mol. The average Bonchev–Trinajstić information content (AvgIpc) is 2.18. The van der Waals surface area contributed by atoms with Crippen LogP contribution in [-0.4, -0.2) is 29.2 Å². The Kier molecular flexibility index (Phi) is 4.50. The molecule has 2 N–H and O–H groups in total. The van der Waals surface area contributed by atoms with E-state index in [0.29, 0.717) is 0 Å². The highest BCUT2D eigenvalue weighted by Gasteiger charge is 2.27. The molecule has 0 saturated carbocycles. The zero-order valence-electron chi connectivity index (χ0n) is 8.91. The van der Waals surface area contributed by atoms with E-state index in [9.17, 15) is 18.0 Å². The molecule has 0 aromatic carbocycles. The second kappa shape index (κ2) is 5.67. The molecule has 96 valence electrons. The van der Waals surface area contributed by atoms with E-state index in [-0.39, 0.29) is 30.8 Å². The van der Waals surface area contributed by atoms with Gasteiger partial charge in [0.05, 0.1) is 11.9 Å². The van der Waals surface area contributed by atoms with Crippen molar-refractivity contribution in [3.05, 3.63) is 22.6 Å². The van der Waals surface area contributed by atoms with Crippen LogP contribution in [0.5, 0.6) is 0 Å². The van der Waals surface area contributed by atoms with E-state index in [1.54, 1.807) is 0 Å². The average molecular weight is 251 g/mol. The lowest BCUT2D eigenvalue weighted by molar-refractivity contribution is -0.174. The third-order valence-electron chi connectivity index (χ3n) is 1.82. The summed E-state index contributed by atoms with van der Waals surface area (Å²) in [6.45, 7) is -1.17. The molecule has 5 nitrogen and oxygen atoms in total. The smallest absolute Gasteiger partial charge is 0.397 e. The van der Waals surface area contributed by atoms with Crippen LogP contribution < -0.4 is 11.3 Å². The molecule has 1 aromatic heterocycles. The number of rotatable bonds is 5. The topological polar surface area (TPSA) is 70.1 Å². The van der Waals surface area contributed by atoms with Gasteiger partial charge in [0.15, 0.2) is 0 Å². The molecule has 0 unspecified atom stereocenters. The zero-order chi connectivity index (χ0) is 12.9. The molecule has 1 rings (SSSR count). The third kappa shape index (κ3) is 5.34. The fourth-order valence-electron chi connectivity index (χ4n) is 1.12. The monoisotopic (exact) mass is 251 g/mol. The van der Waals surface area contributed by atoms with Crippen LogP contribution in [0, 0.1) is 0 Å². The number of alkyl halides is 3. The summed E-state index contributed by atoms with van der Waals surface area (Å²) in [6, 6.07) is 1.20. The molecule has 0 radical (unpaired) electrons. The number of nitrogens with two attached hydrogens (primary N) is 1. The second-order valence-electron chi connectivity index (χ2n) is 3.37. The first-order chi connectivity index (χ1) is 7.88. The molecule has 0 fully saturated rings. The molecule has 0 amide bonds. The largest absolute Gasteiger partial charge is 0.411 e. The van der Waals surface area contributed by atoms with Crippen molar-refractivity contribution in [1.82, 2.24) is 9.78 Å². The van der Waals surface area contributed by atoms with Crippen molar-refractivity contribution in [2.75, 3.05) is 18.9 Å². The van der Waals surface area contributed by atoms with Crippen LogP contribution in [-0.2, 0) is 11.3 Å². The summed E-state index contributed by atoms with van der Waals surface area (Å²) in [4.78, 5) is 11.3. The lowest BCUT2D eigenvalue weighted by Gasteiger charge is -2.08. The van der Waals surface area contributed by atoms with E-state index in [1.165, 1.54) is 12.3 Å². The van der Waals surface area contributed by atoms with Gasteiger partial charge in [-0.2, -0.15) is 18.3 Å². The number of hydrogen-bond acceptors (Lipinski definition) is 4. The Morgan fingerprint density at radius 3 is 2.76 bits per heavy atom. The van der Waals surface area contributed by atoms with Gasteiger partial charge < -0.3 is 10.5 Å². The van der Waals surface area contributed by atoms with E-state index in [2.05, 4.69) is 9.84 Å². The molecule has 0 aliphatic carbocycles. The van der Waals surface area contributed by atoms with Gasteiger partial charge in [-0.05, 0) is 6.42 Å². The molecule has 8 heteroatoms. The standard InChI is InChI=1S/C9H12F3N3O2/c10-9(11,12)6-17-3-1-2-15-8(16)4-7(13)5-14-15/h4-5H,1-3,6,13H2. The molecule has 0 aliphatic heterocycles. The summed E-state index contributed by atoms with van der Waals surface area (Å²) in [5, 5.41) is 3.73. The third-order valence-corrected chi connectivity index (χ3v) is 1.82. The highest BCUT2D eigenvalue weighted by atomic mass is 19.4. The first kappa shape index (κ1) is 13.5. The maximum absolute atomic E-state index is 11.7. The summed E-state index contributed by atoms with van der Waals surface area (Å²) < 4.78 is 40.6. The summed E-state index contributed by atoms with van der Waals surface area (Å²) in [5.74, 6) is 0. The number of ether oxygens (including phenoxy) is 1. The van der Waals surface area contributed by atoms with Crippen molar-refractivity contribution in [1.29, 1.82) is 0 Å². The summed E-state index contributed by atoms with van der Waals surface area (Å²) >= 11 is 0. The van der Waals surface area contributed by atoms with Gasteiger partial charge in [0.2, 0.25) is 0 Å². The molecule has 1 aromatic rings. The predicted molar refractivity (Wildman–Crippen MR) is 54.4 cm³/mol. The molecule has 0 bridgehead atoms. The number of hydrogen-bond donors (Lipinski definition) is 1. The van der Waals surface area contributed by atoms with Crippen molar-refractivity contribution in [2.24, 2.45) is 0 Å². The molecule has 1 heterocycles. The Morgan fingerprint density at radius 2 is 2.18 bits per heavy atom. The van der Waals surface area contributed by atoms with Crippen LogP contribution >= 0.6 is 0 Å². The van der Waals surface area contributed by atoms with Crippen molar-refractivity contribution in [3.8, 4) is 0 Å². The van der Waals surface area contributed by atoms with Gasteiger partial charge in [-0.15, -0.1) is 0 Å². The fraction of sp³-hybridized carbons (Fsp3) is 0.556. The number of anilines is 1. The Labute approximate surface area is 95.0 Å². The van der Waals surface area contributed by atoms with E-state index in [1.807, 2.05) is 0 Å². The molecule has 17 heavy (non-hydrogen) atoms. The molecule has 0 saturated heterocycles. The van der Waals surface area contributed by atoms with Crippen LogP contribution in [0.25, 0.3) is 0 Å². The van der Waals surface area contributed by atoms with Crippen molar-refractivity contribution in [3.63, 3.8) is 0 Å². The van der Waals surface area contributed by atoms with Gasteiger partial charge in [0.25, 0.3) is 5.56 Å². The van der Waals surface area contributed by atoms with Crippen LogP contribution in [0.1, 0.15) is 6.42 Å². The minimum absolute atomic E-state index is 0.0853. The first-order valence-corrected chi connectivity index (χ1v) is 4.85. The van der Waals surface area contributed by atoms with Gasteiger partial charge in [-0.1, -0.05) is 0 Å². The Morgan fingerprint density at radius 1 is 1.47 bits per heavy atom. The Hall–Kier alpha value is -1.57. The lowest BCUT2D eigenvalue weighted by atomic mass is 10.4. The summed E-state index contributed by atoms with van der Waals surface area (Å²) in [5.41, 5.74) is 5.19. The Balaban J connectivity index is 2.29. The Bertz CT molecular complexity index is 417. The molecule has 0 aliphatic rings. The van der Waals surface area contributed by atoms with Crippen LogP contribution in [0.15, 0.2) is 17.1 Å². The van der Waals surface area contributed by atoms with Gasteiger partial charge >= 0.3 is 6.18 Å². The zero-order valence-corrected chi connectivity index (χ0v) is 8.91. The van der Waals surface area contributed by atoms with E-state index >= 15 is 0 Å². The van der Waals surface area contributed by atoms with Gasteiger partial charge in [0.1, 0.15) is 6.61 Å². The SMILES string of the molecule is Nc1cnn(CCCOCC(F)(F)F)c(=O)c1. The fourth-order valence-corrected chi connectivity index (χ4v) is 1.12. The number of halogens is 3. The van der Waals surface area contributed by atoms with Crippen LogP contribution in [0.2, 0.25) is 0 Å². The summed E-state index contributed by atoms with van der Waals surface area (Å²) in [6.07, 6.45) is -2.75. The maximum atomic E-state index is 11.7. The second-order valence-corrected chi connectivity index (χ2v) is 3.37. The predicted octanol–water partition coefficient (Wildman–Crippen LogP) is 0.795. The number of nitrogen functional groups attached to an aromatic ring is 1. The molecule has 0 atom stereocenters.